The first-order chi connectivity index (χ1) is 34.5. The number of carbonyl (C=O) groups is 3. The molecule has 1 unspecified atom stereocenters. The molecular formula is C64H110O6. The lowest BCUT2D eigenvalue weighted by Gasteiger charge is -2.18. The fourth-order valence-corrected chi connectivity index (χ4v) is 8.25. The third-order valence-corrected chi connectivity index (χ3v) is 12.7. The summed E-state index contributed by atoms with van der Waals surface area (Å²) in [5, 5.41) is 0. The van der Waals surface area contributed by atoms with E-state index in [0.29, 0.717) is 19.3 Å². The highest BCUT2D eigenvalue weighted by atomic mass is 16.6. The second-order valence-electron chi connectivity index (χ2n) is 19.5. The lowest BCUT2D eigenvalue weighted by Crippen LogP contribution is -2.30. The maximum atomic E-state index is 12.8. The van der Waals surface area contributed by atoms with E-state index < -0.39 is 6.10 Å². The number of ether oxygens (including phenoxy) is 3. The van der Waals surface area contributed by atoms with Crippen molar-refractivity contribution in [2.75, 3.05) is 13.2 Å². The Morgan fingerprint density at radius 3 is 0.871 bits per heavy atom. The molecule has 0 radical (unpaired) electrons. The maximum Gasteiger partial charge on any atom is 0.306 e. The van der Waals surface area contributed by atoms with E-state index in [1.807, 2.05) is 0 Å². The largest absolute Gasteiger partial charge is 0.462 e. The van der Waals surface area contributed by atoms with Crippen molar-refractivity contribution in [2.45, 2.75) is 290 Å². The monoisotopic (exact) mass is 975 g/mol. The quantitative estimate of drug-likeness (QED) is 0.0261. The highest BCUT2D eigenvalue weighted by Gasteiger charge is 2.19. The zero-order valence-corrected chi connectivity index (χ0v) is 46.0. The van der Waals surface area contributed by atoms with E-state index in [1.165, 1.54) is 135 Å². The number of rotatable bonds is 53. The van der Waals surface area contributed by atoms with Crippen LogP contribution in [0.1, 0.15) is 284 Å². The van der Waals surface area contributed by atoms with Crippen molar-refractivity contribution >= 4 is 17.9 Å². The molecule has 0 aliphatic heterocycles. The van der Waals surface area contributed by atoms with Gasteiger partial charge in [-0.1, -0.05) is 273 Å². The molecule has 6 heteroatoms. The number of allylic oxidation sites excluding steroid dienone is 14. The third-order valence-electron chi connectivity index (χ3n) is 12.7. The number of esters is 3. The van der Waals surface area contributed by atoms with Crippen molar-refractivity contribution in [3.8, 4) is 0 Å². The van der Waals surface area contributed by atoms with Gasteiger partial charge in [-0.3, -0.25) is 14.4 Å². The Balaban J connectivity index is 4.17. The van der Waals surface area contributed by atoms with Crippen LogP contribution in [0.2, 0.25) is 0 Å². The van der Waals surface area contributed by atoms with E-state index in [4.69, 9.17) is 14.2 Å². The van der Waals surface area contributed by atoms with Gasteiger partial charge in [-0.25, -0.2) is 0 Å². The van der Waals surface area contributed by atoms with Gasteiger partial charge in [-0.05, 0) is 77.0 Å². The fourth-order valence-electron chi connectivity index (χ4n) is 8.25. The van der Waals surface area contributed by atoms with Crippen molar-refractivity contribution in [1.29, 1.82) is 0 Å². The number of unbranched alkanes of at least 4 members (excludes halogenated alkanes) is 28. The molecule has 0 spiro atoms. The predicted octanol–water partition coefficient (Wildman–Crippen LogP) is 19.9. The topological polar surface area (TPSA) is 78.9 Å². The number of hydrogen-bond donors (Lipinski definition) is 0. The molecule has 0 aliphatic rings. The van der Waals surface area contributed by atoms with Crippen LogP contribution in [0.15, 0.2) is 85.1 Å². The molecule has 402 valence electrons. The van der Waals surface area contributed by atoms with E-state index in [-0.39, 0.29) is 31.1 Å². The summed E-state index contributed by atoms with van der Waals surface area (Å²) < 4.78 is 16.8. The van der Waals surface area contributed by atoms with Crippen LogP contribution in [0, 0.1) is 0 Å². The summed E-state index contributed by atoms with van der Waals surface area (Å²) in [5.41, 5.74) is 0. The molecule has 0 aromatic rings. The van der Waals surface area contributed by atoms with Crippen molar-refractivity contribution in [3.05, 3.63) is 85.1 Å². The summed E-state index contributed by atoms with van der Waals surface area (Å²) >= 11 is 0. The van der Waals surface area contributed by atoms with E-state index in [2.05, 4.69) is 106 Å². The highest BCUT2D eigenvalue weighted by molar-refractivity contribution is 5.71. The Labute approximate surface area is 433 Å². The molecule has 0 bridgehead atoms. The lowest BCUT2D eigenvalue weighted by molar-refractivity contribution is -0.167. The van der Waals surface area contributed by atoms with Crippen LogP contribution in [0.3, 0.4) is 0 Å². The van der Waals surface area contributed by atoms with E-state index >= 15 is 0 Å². The average molecular weight is 976 g/mol. The second-order valence-corrected chi connectivity index (χ2v) is 19.5. The Hall–Kier alpha value is -3.41. The van der Waals surface area contributed by atoms with Crippen LogP contribution >= 0.6 is 0 Å². The van der Waals surface area contributed by atoms with E-state index in [9.17, 15) is 14.4 Å². The molecule has 0 amide bonds. The first kappa shape index (κ1) is 66.6. The van der Waals surface area contributed by atoms with Crippen LogP contribution in [0.25, 0.3) is 0 Å². The van der Waals surface area contributed by atoms with Gasteiger partial charge >= 0.3 is 17.9 Å². The molecule has 6 nitrogen and oxygen atoms in total. The first-order valence-electron chi connectivity index (χ1n) is 29.6. The molecule has 0 saturated carbocycles. The molecule has 0 N–H and O–H groups in total. The minimum atomic E-state index is -0.776. The Kier molecular flexibility index (Phi) is 55.3. The first-order valence-corrected chi connectivity index (χ1v) is 29.6. The van der Waals surface area contributed by atoms with Gasteiger partial charge in [0.25, 0.3) is 0 Å². The summed E-state index contributed by atoms with van der Waals surface area (Å²) in [5.74, 6) is -0.886. The van der Waals surface area contributed by atoms with E-state index in [0.717, 1.165) is 109 Å². The maximum absolute atomic E-state index is 12.8. The van der Waals surface area contributed by atoms with Gasteiger partial charge in [-0.2, -0.15) is 0 Å². The van der Waals surface area contributed by atoms with Crippen LogP contribution < -0.4 is 0 Å². The highest BCUT2D eigenvalue weighted by Crippen LogP contribution is 2.16. The normalized spacial score (nSPS) is 12.7. The SMILES string of the molecule is CC/C=C\C/C=C\C/C=C\C/C=C\C/C=C\C/C=C\C/C=C\CCCCCCCCCC(=O)OCC(COC(=O)CCCCCCCCC)OC(=O)CCCCCCCCCCCCCCCCCC. The van der Waals surface area contributed by atoms with Gasteiger partial charge in [0.05, 0.1) is 0 Å². The zero-order chi connectivity index (χ0) is 50.7. The zero-order valence-electron chi connectivity index (χ0n) is 46.0. The molecule has 0 heterocycles. The van der Waals surface area contributed by atoms with E-state index in [1.54, 1.807) is 0 Å². The van der Waals surface area contributed by atoms with Crippen LogP contribution in [0.5, 0.6) is 0 Å². The molecular weight excluding hydrogens is 865 g/mol. The second kappa shape index (κ2) is 58.2. The minimum Gasteiger partial charge on any atom is -0.462 e. The van der Waals surface area contributed by atoms with Crippen molar-refractivity contribution in [3.63, 3.8) is 0 Å². The number of hydrogen-bond acceptors (Lipinski definition) is 6. The smallest absolute Gasteiger partial charge is 0.306 e. The van der Waals surface area contributed by atoms with Gasteiger partial charge in [0, 0.05) is 19.3 Å². The van der Waals surface area contributed by atoms with Gasteiger partial charge < -0.3 is 14.2 Å². The van der Waals surface area contributed by atoms with Crippen LogP contribution in [-0.4, -0.2) is 37.2 Å². The molecule has 0 saturated heterocycles. The van der Waals surface area contributed by atoms with Crippen molar-refractivity contribution < 1.29 is 28.6 Å². The van der Waals surface area contributed by atoms with Gasteiger partial charge in [0.1, 0.15) is 13.2 Å². The molecule has 0 rings (SSSR count). The molecule has 70 heavy (non-hydrogen) atoms. The summed E-state index contributed by atoms with van der Waals surface area (Å²) in [6.07, 6.45) is 76.0. The van der Waals surface area contributed by atoms with Crippen LogP contribution in [-0.2, 0) is 28.6 Å². The fraction of sp³-hybridized carbons (Fsp3) is 0.734. The summed E-state index contributed by atoms with van der Waals surface area (Å²) in [7, 11) is 0. The molecule has 0 fully saturated rings. The Morgan fingerprint density at radius 1 is 0.300 bits per heavy atom. The van der Waals surface area contributed by atoms with Gasteiger partial charge in [0.2, 0.25) is 0 Å². The number of carbonyl (C=O) groups excluding carboxylic acids is 3. The molecule has 1 atom stereocenters. The average Bonchev–Trinajstić information content (AvgIpc) is 3.36. The Bertz CT molecular complexity index is 1350. The van der Waals surface area contributed by atoms with Gasteiger partial charge in [-0.15, -0.1) is 0 Å². The summed E-state index contributed by atoms with van der Waals surface area (Å²) in [6.45, 7) is 6.49. The summed E-state index contributed by atoms with van der Waals surface area (Å²) in [4.78, 5) is 38.0. The minimum absolute atomic E-state index is 0.0768. The molecule has 0 aromatic carbocycles. The molecule has 0 aromatic heterocycles. The van der Waals surface area contributed by atoms with Crippen molar-refractivity contribution in [2.24, 2.45) is 0 Å². The molecule has 0 aliphatic carbocycles. The van der Waals surface area contributed by atoms with Crippen LogP contribution in [0.4, 0.5) is 0 Å². The van der Waals surface area contributed by atoms with Gasteiger partial charge in [0.15, 0.2) is 6.10 Å². The summed E-state index contributed by atoms with van der Waals surface area (Å²) in [6, 6.07) is 0. The third kappa shape index (κ3) is 55.5. The van der Waals surface area contributed by atoms with Crippen molar-refractivity contribution in [1.82, 2.24) is 0 Å². The lowest BCUT2D eigenvalue weighted by atomic mass is 10.0. The Morgan fingerprint density at radius 2 is 0.557 bits per heavy atom. The standard InChI is InChI=1S/C64H110O6/c1-4-7-10-13-16-18-20-22-24-26-27-28-29-30-31-32-33-34-35-36-37-38-40-41-43-45-48-51-54-57-63(66)69-60-61(59-68-62(65)56-53-50-47-15-12-9-6-3)70-64(67)58-55-52-49-46-44-42-39-25-23-21-19-17-14-11-8-5-2/h7,10,16,18,22,24,27-28,30-31,33-34,36-37,61H,4-6,8-9,11-15,17,19-21,23,25-26,29,32,35,38-60H2,1-3H3/b10-7-,18-16-,24-22-,28-27-,31-30-,34-33-,37-36-. The predicted molar refractivity (Wildman–Crippen MR) is 302 cm³/mol.